The minimum atomic E-state index is -3.50. The summed E-state index contributed by atoms with van der Waals surface area (Å²) in [7, 11) is 0. The number of aliphatic hydroxyl groups is 1. The summed E-state index contributed by atoms with van der Waals surface area (Å²) in [6.45, 7) is 0. The molecular weight excluding hydrogens is 351 g/mol. The minimum Gasteiger partial charge on any atom is -0.364 e. The van der Waals surface area contributed by atoms with E-state index in [1.54, 1.807) is 0 Å². The Balaban J connectivity index is 2.44. The van der Waals surface area contributed by atoms with Crippen LogP contribution in [0.1, 0.15) is 16.8 Å². The summed E-state index contributed by atoms with van der Waals surface area (Å²) in [5.41, 5.74) is -4.46. The van der Waals surface area contributed by atoms with Crippen molar-refractivity contribution in [1.82, 2.24) is 5.01 Å². The van der Waals surface area contributed by atoms with Crippen LogP contribution in [0, 0.1) is 0 Å². The number of nitrogens with zero attached hydrogens (tertiary/aromatic N) is 2. The van der Waals surface area contributed by atoms with Crippen LogP contribution in [0.25, 0.3) is 0 Å². The molecule has 0 radical (unpaired) electrons. The highest BCUT2D eigenvalue weighted by molar-refractivity contribution is 6.36. The van der Waals surface area contributed by atoms with Crippen LogP contribution in [0.3, 0.4) is 0 Å². The van der Waals surface area contributed by atoms with Gasteiger partial charge in [0.25, 0.3) is 18.8 Å². The van der Waals surface area contributed by atoms with E-state index < -0.39 is 36.6 Å². The molecule has 0 aliphatic carbocycles. The number of halogens is 6. The molecule has 0 bridgehead atoms. The van der Waals surface area contributed by atoms with E-state index in [0.29, 0.717) is 0 Å². The first kappa shape index (κ1) is 17.0. The number of rotatable bonds is 3. The van der Waals surface area contributed by atoms with Crippen molar-refractivity contribution in [3.8, 4) is 0 Å². The number of hydrogen-bond acceptors (Lipinski definition) is 3. The molecule has 0 aromatic heterocycles. The molecule has 0 fully saturated rings. The second kappa shape index (κ2) is 6.02. The zero-order valence-corrected chi connectivity index (χ0v) is 12.1. The molecule has 0 saturated carbocycles. The van der Waals surface area contributed by atoms with Crippen molar-refractivity contribution in [3.63, 3.8) is 0 Å². The molecule has 1 atom stereocenters. The number of benzene rings is 1. The molecule has 4 nitrogen and oxygen atoms in total. The highest BCUT2D eigenvalue weighted by Gasteiger charge is 2.53. The molecule has 2 rings (SSSR count). The van der Waals surface area contributed by atoms with Gasteiger partial charge < -0.3 is 5.11 Å². The van der Waals surface area contributed by atoms with E-state index in [9.17, 15) is 27.5 Å². The number of amides is 1. The Morgan fingerprint density at radius 2 is 1.95 bits per heavy atom. The van der Waals surface area contributed by atoms with Gasteiger partial charge in [-0.05, 0) is 18.2 Å². The lowest BCUT2D eigenvalue weighted by molar-refractivity contribution is -0.164. The Morgan fingerprint density at radius 3 is 2.45 bits per heavy atom. The molecule has 1 aliphatic heterocycles. The second-order valence-corrected chi connectivity index (χ2v) is 5.33. The third-order valence-corrected chi connectivity index (χ3v) is 3.54. The van der Waals surface area contributed by atoms with E-state index in [4.69, 9.17) is 23.2 Å². The van der Waals surface area contributed by atoms with E-state index in [0.717, 1.165) is 6.07 Å². The fourth-order valence-corrected chi connectivity index (χ4v) is 2.37. The van der Waals surface area contributed by atoms with Crippen LogP contribution in [0.15, 0.2) is 23.3 Å². The highest BCUT2D eigenvalue weighted by Crippen LogP contribution is 2.35. The van der Waals surface area contributed by atoms with Crippen molar-refractivity contribution < 1.29 is 27.5 Å². The Hall–Kier alpha value is -1.38. The van der Waals surface area contributed by atoms with Crippen LogP contribution in [-0.4, -0.2) is 40.3 Å². The number of hydrogen-bond donors (Lipinski definition) is 1. The van der Waals surface area contributed by atoms with E-state index in [1.165, 1.54) is 12.1 Å². The quantitative estimate of drug-likeness (QED) is 0.841. The first-order valence-corrected chi connectivity index (χ1v) is 6.58. The van der Waals surface area contributed by atoms with Crippen LogP contribution < -0.4 is 0 Å². The molecule has 1 amide bonds. The van der Waals surface area contributed by atoms with Crippen molar-refractivity contribution >= 4 is 34.8 Å². The summed E-state index contributed by atoms with van der Waals surface area (Å²) in [6.07, 6.45) is -7.83. The standard InChI is InChI=1S/C12H8Cl2F4N2O2/c13-5-1-2-6(7(14)3-5)10(21)20-12(22,11(17)18)4-8(19-20)9(15)16/h1-3,9,11,22H,4H2. The largest absolute Gasteiger partial charge is 0.364 e. The lowest BCUT2D eigenvalue weighted by atomic mass is 10.1. The van der Waals surface area contributed by atoms with Crippen LogP contribution in [0.5, 0.6) is 0 Å². The van der Waals surface area contributed by atoms with Crippen molar-refractivity contribution in [2.24, 2.45) is 5.10 Å². The fourth-order valence-electron chi connectivity index (χ4n) is 1.88. The summed E-state index contributed by atoms with van der Waals surface area (Å²) in [4.78, 5) is 12.2. The van der Waals surface area contributed by atoms with Gasteiger partial charge in [-0.15, -0.1) is 0 Å². The first-order chi connectivity index (χ1) is 10.2. The van der Waals surface area contributed by atoms with Gasteiger partial charge in [0.2, 0.25) is 5.72 Å². The van der Waals surface area contributed by atoms with Crippen molar-refractivity contribution in [3.05, 3.63) is 33.8 Å². The van der Waals surface area contributed by atoms with Crippen LogP contribution >= 0.6 is 23.2 Å². The molecule has 0 saturated heterocycles. The first-order valence-electron chi connectivity index (χ1n) is 5.82. The predicted molar refractivity (Wildman–Crippen MR) is 71.6 cm³/mol. The minimum absolute atomic E-state index is 0.0612. The molecular formula is C12H8Cl2F4N2O2. The molecule has 0 spiro atoms. The van der Waals surface area contributed by atoms with Gasteiger partial charge in [0, 0.05) is 11.4 Å². The summed E-state index contributed by atoms with van der Waals surface area (Å²) in [6, 6.07) is 3.55. The molecule has 1 heterocycles. The maximum absolute atomic E-state index is 13.0. The molecule has 10 heteroatoms. The smallest absolute Gasteiger partial charge is 0.287 e. The van der Waals surface area contributed by atoms with E-state index >= 15 is 0 Å². The van der Waals surface area contributed by atoms with Crippen molar-refractivity contribution in [2.75, 3.05) is 0 Å². The van der Waals surface area contributed by atoms with Gasteiger partial charge in [-0.2, -0.15) is 10.1 Å². The van der Waals surface area contributed by atoms with Gasteiger partial charge in [0.05, 0.1) is 10.6 Å². The molecule has 1 aromatic rings. The lowest BCUT2D eigenvalue weighted by Crippen LogP contribution is -2.51. The maximum atomic E-state index is 13.0. The van der Waals surface area contributed by atoms with Crippen LogP contribution in [-0.2, 0) is 0 Å². The Labute approximate surface area is 131 Å². The third kappa shape index (κ3) is 2.90. The Bertz CT molecular complexity index is 642. The van der Waals surface area contributed by atoms with Gasteiger partial charge in [0.15, 0.2) is 0 Å². The Morgan fingerprint density at radius 1 is 1.32 bits per heavy atom. The third-order valence-electron chi connectivity index (χ3n) is 2.99. The predicted octanol–water partition coefficient (Wildman–Crippen LogP) is 3.41. The van der Waals surface area contributed by atoms with Crippen molar-refractivity contribution in [2.45, 2.75) is 25.0 Å². The zero-order valence-electron chi connectivity index (χ0n) is 10.6. The highest BCUT2D eigenvalue weighted by atomic mass is 35.5. The average molecular weight is 359 g/mol. The lowest BCUT2D eigenvalue weighted by Gasteiger charge is -2.30. The molecule has 22 heavy (non-hydrogen) atoms. The summed E-state index contributed by atoms with van der Waals surface area (Å²) < 4.78 is 51.4. The fraction of sp³-hybridized carbons (Fsp3) is 0.333. The van der Waals surface area contributed by atoms with Crippen molar-refractivity contribution in [1.29, 1.82) is 0 Å². The zero-order chi connectivity index (χ0) is 16.7. The summed E-state index contributed by atoms with van der Waals surface area (Å²) >= 11 is 11.4. The number of carbonyl (C=O) groups excluding carboxylic acids is 1. The molecule has 1 aliphatic rings. The van der Waals surface area contributed by atoms with Crippen LogP contribution in [0.2, 0.25) is 10.0 Å². The van der Waals surface area contributed by atoms with Gasteiger partial charge in [-0.25, -0.2) is 17.6 Å². The summed E-state index contributed by atoms with van der Waals surface area (Å²) in [5.74, 6) is -1.24. The number of alkyl halides is 4. The maximum Gasteiger partial charge on any atom is 0.287 e. The monoisotopic (exact) mass is 358 g/mol. The average Bonchev–Trinajstić information content (AvgIpc) is 2.78. The molecule has 1 aromatic carbocycles. The van der Waals surface area contributed by atoms with Gasteiger partial charge in [-0.3, -0.25) is 4.79 Å². The van der Waals surface area contributed by atoms with Gasteiger partial charge in [-0.1, -0.05) is 23.2 Å². The van der Waals surface area contributed by atoms with E-state index in [-0.39, 0.29) is 20.6 Å². The summed E-state index contributed by atoms with van der Waals surface area (Å²) in [5, 5.41) is 12.9. The number of carbonyl (C=O) groups is 1. The van der Waals surface area contributed by atoms with E-state index in [2.05, 4.69) is 5.10 Å². The van der Waals surface area contributed by atoms with Gasteiger partial charge in [0.1, 0.15) is 5.71 Å². The molecule has 1 N–H and O–H groups in total. The topological polar surface area (TPSA) is 52.9 Å². The van der Waals surface area contributed by atoms with E-state index in [1.807, 2.05) is 0 Å². The second-order valence-electron chi connectivity index (χ2n) is 4.49. The van der Waals surface area contributed by atoms with Crippen LogP contribution in [0.4, 0.5) is 17.6 Å². The molecule has 1 unspecified atom stereocenters. The SMILES string of the molecule is O=C(c1ccc(Cl)cc1Cl)N1N=C(C(F)F)CC1(O)C(F)F. The molecule has 120 valence electrons. The van der Waals surface area contributed by atoms with Gasteiger partial charge >= 0.3 is 0 Å². The normalized spacial score (nSPS) is 21.7. The number of hydrazone groups is 1. The Kier molecular flexibility index (Phi) is 4.65.